The highest BCUT2D eigenvalue weighted by Gasteiger charge is 1.89. The molecule has 0 aliphatic carbocycles. The summed E-state index contributed by atoms with van der Waals surface area (Å²) in [6.07, 6.45) is 5.33. The Balaban J connectivity index is 0.000000810. The lowest BCUT2D eigenvalue weighted by Crippen LogP contribution is -3.00. The lowest BCUT2D eigenvalue weighted by atomic mass is 10.3. The van der Waals surface area contributed by atoms with Gasteiger partial charge in [-0.2, -0.15) is 0 Å². The van der Waals surface area contributed by atoms with Gasteiger partial charge in [0.1, 0.15) is 0 Å². The lowest BCUT2D eigenvalue weighted by molar-refractivity contribution is -0.638. The average molecular weight is 248 g/mol. The molecule has 1 rings (SSSR count). The van der Waals surface area contributed by atoms with Crippen LogP contribution in [0, 0.1) is 0 Å². The minimum absolute atomic E-state index is 0. The summed E-state index contributed by atoms with van der Waals surface area (Å²) in [6, 6.07) is 3.79. The van der Waals surface area contributed by atoms with Crippen LogP contribution in [0.3, 0.4) is 0 Å². The van der Waals surface area contributed by atoms with Crippen LogP contribution in [0.15, 0.2) is 31.1 Å². The zero-order valence-electron chi connectivity index (χ0n) is 5.50. The minimum atomic E-state index is 0. The summed E-state index contributed by atoms with van der Waals surface area (Å²) < 4.78 is 1.49. The molecule has 3 heteroatoms. The fourth-order valence-corrected chi connectivity index (χ4v) is 0.586. The highest BCUT2D eigenvalue weighted by molar-refractivity contribution is 5.44. The van der Waals surface area contributed by atoms with E-state index < -0.39 is 0 Å². The van der Waals surface area contributed by atoms with E-state index in [-0.39, 0.29) is 24.0 Å². The molecular formula is C7H9IN2. The molecule has 0 amide bonds. The van der Waals surface area contributed by atoms with Crippen molar-refractivity contribution in [2.24, 2.45) is 0 Å². The van der Waals surface area contributed by atoms with E-state index in [2.05, 4.69) is 6.58 Å². The number of nitrogen functional groups attached to an aromatic ring is 1. The highest BCUT2D eigenvalue weighted by Crippen LogP contribution is 1.93. The molecule has 0 aliphatic rings. The first kappa shape index (κ1) is 9.42. The summed E-state index contributed by atoms with van der Waals surface area (Å²) in [5.74, 6) is 5.36. The summed E-state index contributed by atoms with van der Waals surface area (Å²) in [5, 5.41) is 0. The Morgan fingerprint density at radius 3 is 2.30 bits per heavy atom. The van der Waals surface area contributed by atoms with Crippen LogP contribution in [0.25, 0.3) is 6.08 Å². The second-order valence-electron chi connectivity index (χ2n) is 1.78. The number of halogens is 1. The predicted molar refractivity (Wildman–Crippen MR) is 36.9 cm³/mol. The van der Waals surface area contributed by atoms with Crippen molar-refractivity contribution in [1.82, 2.24) is 0 Å². The predicted octanol–water partition coefficient (Wildman–Crippen LogP) is -2.67. The van der Waals surface area contributed by atoms with Crippen LogP contribution in [0.5, 0.6) is 0 Å². The van der Waals surface area contributed by atoms with E-state index >= 15 is 0 Å². The van der Waals surface area contributed by atoms with Crippen molar-refractivity contribution in [2.75, 3.05) is 5.84 Å². The third-order valence-corrected chi connectivity index (χ3v) is 1.11. The van der Waals surface area contributed by atoms with Crippen molar-refractivity contribution in [3.8, 4) is 0 Å². The molecule has 0 unspecified atom stereocenters. The number of nitrogens with two attached hydrogens (primary N) is 1. The molecule has 0 atom stereocenters. The molecule has 1 aromatic rings. The van der Waals surface area contributed by atoms with E-state index in [0.717, 1.165) is 5.56 Å². The van der Waals surface area contributed by atoms with Crippen LogP contribution in [-0.2, 0) is 0 Å². The van der Waals surface area contributed by atoms with Crippen LogP contribution in [-0.4, -0.2) is 0 Å². The van der Waals surface area contributed by atoms with E-state index in [9.17, 15) is 0 Å². The summed E-state index contributed by atoms with van der Waals surface area (Å²) >= 11 is 0. The van der Waals surface area contributed by atoms with Crippen molar-refractivity contribution in [1.29, 1.82) is 0 Å². The van der Waals surface area contributed by atoms with E-state index in [1.54, 1.807) is 18.5 Å². The van der Waals surface area contributed by atoms with E-state index in [0.29, 0.717) is 0 Å². The summed E-state index contributed by atoms with van der Waals surface area (Å²) in [4.78, 5) is 0. The molecule has 54 valence electrons. The third kappa shape index (κ3) is 2.34. The van der Waals surface area contributed by atoms with Gasteiger partial charge in [0.2, 0.25) is 0 Å². The topological polar surface area (TPSA) is 29.9 Å². The Morgan fingerprint density at radius 2 is 1.90 bits per heavy atom. The highest BCUT2D eigenvalue weighted by atomic mass is 127. The molecule has 1 aromatic heterocycles. The normalized spacial score (nSPS) is 8.00. The Kier molecular flexibility index (Phi) is 4.02. The fraction of sp³-hybridized carbons (Fsp3) is 0. The van der Waals surface area contributed by atoms with Crippen LogP contribution in [0.2, 0.25) is 0 Å². The van der Waals surface area contributed by atoms with Crippen LogP contribution >= 0.6 is 0 Å². The standard InChI is InChI=1S/C7H9N2.HI/c1-2-7-3-5-9(8)6-4-7;/h2-6H,1,8H2;1H/q+1;/p-1. The van der Waals surface area contributed by atoms with Crippen molar-refractivity contribution >= 4 is 6.08 Å². The van der Waals surface area contributed by atoms with Crippen molar-refractivity contribution in [2.45, 2.75) is 0 Å². The van der Waals surface area contributed by atoms with Gasteiger partial charge in [-0.1, -0.05) is 17.3 Å². The Morgan fingerprint density at radius 1 is 1.40 bits per heavy atom. The Labute approximate surface area is 77.4 Å². The zero-order valence-corrected chi connectivity index (χ0v) is 7.65. The molecule has 10 heavy (non-hydrogen) atoms. The molecule has 0 fully saturated rings. The molecule has 0 aromatic carbocycles. The molecule has 0 bridgehead atoms. The van der Waals surface area contributed by atoms with Gasteiger partial charge in [0.05, 0.1) is 0 Å². The van der Waals surface area contributed by atoms with Gasteiger partial charge in [-0.3, -0.25) is 0 Å². The maximum atomic E-state index is 5.36. The quantitative estimate of drug-likeness (QED) is 0.328. The van der Waals surface area contributed by atoms with Crippen LogP contribution in [0.1, 0.15) is 5.56 Å². The molecule has 0 aliphatic heterocycles. The molecule has 0 saturated carbocycles. The van der Waals surface area contributed by atoms with Gasteiger partial charge in [-0.05, 0) is 5.56 Å². The number of pyridine rings is 1. The number of rotatable bonds is 1. The molecular weight excluding hydrogens is 239 g/mol. The average Bonchev–Trinajstić information content (AvgIpc) is 1.90. The van der Waals surface area contributed by atoms with E-state index in [1.165, 1.54) is 4.68 Å². The van der Waals surface area contributed by atoms with E-state index in [1.807, 2.05) is 12.1 Å². The zero-order chi connectivity index (χ0) is 6.69. The lowest BCUT2D eigenvalue weighted by Gasteiger charge is -1.85. The first-order valence-electron chi connectivity index (χ1n) is 2.72. The van der Waals surface area contributed by atoms with Gasteiger partial charge in [0.15, 0.2) is 12.4 Å². The second-order valence-corrected chi connectivity index (χ2v) is 1.78. The third-order valence-electron chi connectivity index (χ3n) is 1.11. The molecule has 2 nitrogen and oxygen atoms in total. The first-order chi connectivity index (χ1) is 4.33. The SMILES string of the molecule is C=Cc1cc[n+](N)cc1.[I-]. The van der Waals surface area contributed by atoms with Gasteiger partial charge >= 0.3 is 0 Å². The van der Waals surface area contributed by atoms with Crippen molar-refractivity contribution < 1.29 is 28.7 Å². The molecule has 1 heterocycles. The Hall–Kier alpha value is -0.580. The van der Waals surface area contributed by atoms with Crippen molar-refractivity contribution in [3.05, 3.63) is 36.7 Å². The molecule has 0 saturated heterocycles. The van der Waals surface area contributed by atoms with Gasteiger partial charge in [0, 0.05) is 12.1 Å². The van der Waals surface area contributed by atoms with Gasteiger partial charge in [-0.25, -0.2) is 5.84 Å². The summed E-state index contributed by atoms with van der Waals surface area (Å²) in [7, 11) is 0. The first-order valence-corrected chi connectivity index (χ1v) is 2.72. The summed E-state index contributed by atoms with van der Waals surface area (Å²) in [6.45, 7) is 3.61. The molecule has 0 radical (unpaired) electrons. The van der Waals surface area contributed by atoms with Crippen LogP contribution in [0.4, 0.5) is 0 Å². The van der Waals surface area contributed by atoms with Crippen LogP contribution < -0.4 is 34.5 Å². The number of hydrogen-bond acceptors (Lipinski definition) is 1. The number of aromatic nitrogens is 1. The maximum absolute atomic E-state index is 5.36. The molecule has 2 N–H and O–H groups in total. The second kappa shape index (κ2) is 4.27. The smallest absolute Gasteiger partial charge is 0.199 e. The minimum Gasteiger partial charge on any atom is -1.00 e. The van der Waals surface area contributed by atoms with Crippen molar-refractivity contribution in [3.63, 3.8) is 0 Å². The Bertz CT molecular complexity index is 205. The number of nitrogens with zero attached hydrogens (tertiary/aromatic N) is 1. The number of hydrogen-bond donors (Lipinski definition) is 1. The summed E-state index contributed by atoms with van der Waals surface area (Å²) in [5.41, 5.74) is 1.08. The fourth-order valence-electron chi connectivity index (χ4n) is 0.586. The maximum Gasteiger partial charge on any atom is 0.199 e. The van der Waals surface area contributed by atoms with Gasteiger partial charge in [0.25, 0.3) is 0 Å². The van der Waals surface area contributed by atoms with E-state index in [4.69, 9.17) is 5.84 Å². The van der Waals surface area contributed by atoms with Gasteiger partial charge in [-0.15, -0.1) is 0 Å². The van der Waals surface area contributed by atoms with Gasteiger partial charge < -0.3 is 24.0 Å². The monoisotopic (exact) mass is 248 g/mol. The molecule has 0 spiro atoms. The largest absolute Gasteiger partial charge is 1.00 e.